The maximum atomic E-state index is 10.7. The highest BCUT2D eigenvalue weighted by molar-refractivity contribution is 5.65. The van der Waals surface area contributed by atoms with Gasteiger partial charge in [-0.05, 0) is 36.6 Å². The Morgan fingerprint density at radius 1 is 1.00 bits per heavy atom. The summed E-state index contributed by atoms with van der Waals surface area (Å²) in [6, 6.07) is 17.7. The van der Waals surface area contributed by atoms with Gasteiger partial charge in [-0.25, -0.2) is 4.68 Å². The van der Waals surface area contributed by atoms with Crippen molar-refractivity contribution >= 4 is 0 Å². The van der Waals surface area contributed by atoms with Gasteiger partial charge in [-0.15, -0.1) is 0 Å². The second-order valence-corrected chi connectivity index (χ2v) is 9.57. The normalized spacial score (nSPS) is 12.3. The summed E-state index contributed by atoms with van der Waals surface area (Å²) in [5, 5.41) is 15.6. The van der Waals surface area contributed by atoms with E-state index in [0.717, 1.165) is 42.0 Å². The van der Waals surface area contributed by atoms with Gasteiger partial charge in [-0.1, -0.05) is 57.5 Å². The predicted molar refractivity (Wildman–Crippen MR) is 144 cm³/mol. The molecule has 0 saturated carbocycles. The molecule has 0 radical (unpaired) electrons. The fourth-order valence-corrected chi connectivity index (χ4v) is 4.17. The van der Waals surface area contributed by atoms with Crippen molar-refractivity contribution < 1.29 is 19.3 Å². The van der Waals surface area contributed by atoms with Crippen LogP contribution in [0.15, 0.2) is 54.6 Å². The Balaban J connectivity index is 1.90. The Kier molecular flexibility index (Phi) is 10.8. The number of aliphatic hydroxyl groups excluding tert-OH is 1. The van der Waals surface area contributed by atoms with Gasteiger partial charge in [-0.3, -0.25) is 4.90 Å². The van der Waals surface area contributed by atoms with Crippen molar-refractivity contribution in [2.24, 2.45) is 13.0 Å². The van der Waals surface area contributed by atoms with E-state index in [0.29, 0.717) is 43.9 Å². The van der Waals surface area contributed by atoms with E-state index < -0.39 is 6.10 Å². The third-order valence-corrected chi connectivity index (χ3v) is 5.84. The molecule has 3 rings (SSSR count). The molecule has 0 unspecified atom stereocenters. The zero-order valence-electron chi connectivity index (χ0n) is 22.3. The van der Waals surface area contributed by atoms with Crippen LogP contribution in [0, 0.1) is 5.92 Å². The fraction of sp³-hybridized carbons (Fsp3) is 0.483. The number of unbranched alkanes of at least 4 members (excludes halogenated alkanes) is 1. The number of nitrogens with zero attached hydrogens (tertiary/aromatic N) is 3. The molecular formula is C29H41N3O4. The van der Waals surface area contributed by atoms with Crippen LogP contribution in [-0.2, 0) is 18.3 Å². The summed E-state index contributed by atoms with van der Waals surface area (Å²) in [4.78, 5) is 2.27. The molecule has 196 valence electrons. The highest BCUT2D eigenvalue weighted by Gasteiger charge is 2.24. The molecule has 7 heteroatoms. The highest BCUT2D eigenvalue weighted by atomic mass is 16.5. The van der Waals surface area contributed by atoms with E-state index in [4.69, 9.17) is 19.3 Å². The van der Waals surface area contributed by atoms with E-state index in [9.17, 15) is 5.11 Å². The maximum Gasteiger partial charge on any atom is 0.222 e. The number of ether oxygens (including phenoxy) is 3. The van der Waals surface area contributed by atoms with Gasteiger partial charge >= 0.3 is 0 Å². The molecular weight excluding hydrogens is 454 g/mol. The zero-order valence-corrected chi connectivity index (χ0v) is 22.3. The molecule has 1 aromatic heterocycles. The summed E-state index contributed by atoms with van der Waals surface area (Å²) in [6.45, 7) is 9.45. The Bertz CT molecular complexity index is 1030. The number of aromatic nitrogens is 2. The number of hydrogen-bond donors (Lipinski definition) is 1. The highest BCUT2D eigenvalue weighted by Crippen LogP contribution is 2.34. The third kappa shape index (κ3) is 8.08. The second-order valence-electron chi connectivity index (χ2n) is 9.57. The van der Waals surface area contributed by atoms with Gasteiger partial charge < -0.3 is 19.3 Å². The van der Waals surface area contributed by atoms with E-state index in [1.807, 2.05) is 49.5 Å². The molecule has 1 atom stereocenters. The summed E-state index contributed by atoms with van der Waals surface area (Å²) in [5.74, 6) is 2.60. The Morgan fingerprint density at radius 2 is 1.69 bits per heavy atom. The van der Waals surface area contributed by atoms with Gasteiger partial charge in [0.05, 0.1) is 25.4 Å². The molecule has 7 nitrogen and oxygen atoms in total. The molecule has 0 fully saturated rings. The van der Waals surface area contributed by atoms with E-state index in [1.54, 1.807) is 11.8 Å². The molecule has 1 heterocycles. The average Bonchev–Trinajstić information content (AvgIpc) is 3.17. The van der Waals surface area contributed by atoms with Crippen LogP contribution in [0.2, 0.25) is 0 Å². The van der Waals surface area contributed by atoms with Gasteiger partial charge in [-0.2, -0.15) is 5.10 Å². The first-order chi connectivity index (χ1) is 17.4. The molecule has 0 amide bonds. The molecule has 3 aromatic rings. The third-order valence-electron chi connectivity index (χ3n) is 5.84. The van der Waals surface area contributed by atoms with E-state index in [-0.39, 0.29) is 0 Å². The van der Waals surface area contributed by atoms with Crippen LogP contribution in [0.25, 0.3) is 11.3 Å². The minimum Gasteiger partial charge on any atom is -0.497 e. The van der Waals surface area contributed by atoms with Crippen molar-refractivity contribution in [1.82, 2.24) is 14.7 Å². The predicted octanol–water partition coefficient (Wildman–Crippen LogP) is 5.52. The summed E-state index contributed by atoms with van der Waals surface area (Å²) >= 11 is 0. The lowest BCUT2D eigenvalue weighted by Gasteiger charge is -2.27. The molecule has 0 aliphatic rings. The lowest BCUT2D eigenvalue weighted by atomic mass is 10.1. The lowest BCUT2D eigenvalue weighted by molar-refractivity contribution is 0.0124. The molecule has 0 spiro atoms. The van der Waals surface area contributed by atoms with Gasteiger partial charge in [0.2, 0.25) is 5.88 Å². The van der Waals surface area contributed by atoms with Gasteiger partial charge in [0.15, 0.2) is 0 Å². The van der Waals surface area contributed by atoms with Crippen LogP contribution in [-0.4, -0.2) is 59.3 Å². The first-order valence-electron chi connectivity index (χ1n) is 12.8. The van der Waals surface area contributed by atoms with Gasteiger partial charge in [0, 0.05) is 38.9 Å². The molecule has 0 saturated heterocycles. The summed E-state index contributed by atoms with van der Waals surface area (Å²) in [6.07, 6.45) is 1.52. The van der Waals surface area contributed by atoms with E-state index in [2.05, 4.69) is 37.8 Å². The minimum absolute atomic E-state index is 0.336. The number of methoxy groups -OCH3 is 1. The number of benzene rings is 2. The fourth-order valence-electron chi connectivity index (χ4n) is 4.17. The van der Waals surface area contributed by atoms with Gasteiger partial charge in [0.1, 0.15) is 17.2 Å². The molecule has 0 bridgehead atoms. The number of aliphatic hydroxyl groups is 1. The molecule has 1 N–H and O–H groups in total. The second kappa shape index (κ2) is 14.0. The first-order valence-corrected chi connectivity index (χ1v) is 12.8. The van der Waals surface area contributed by atoms with Crippen molar-refractivity contribution in [2.75, 3.05) is 33.4 Å². The SMILES string of the molecule is CCCCOC[C@@H](O)CN(Cc1c(-c2ccccc2)nn(C)c1Oc1ccc(OC)cc1)CC(C)C. The van der Waals surface area contributed by atoms with E-state index >= 15 is 0 Å². The largest absolute Gasteiger partial charge is 0.497 e. The van der Waals surface area contributed by atoms with Crippen molar-refractivity contribution in [2.45, 2.75) is 46.3 Å². The zero-order chi connectivity index (χ0) is 25.9. The first kappa shape index (κ1) is 27.7. The summed E-state index contributed by atoms with van der Waals surface area (Å²) in [7, 11) is 3.55. The maximum absolute atomic E-state index is 10.7. The molecule has 0 aliphatic heterocycles. The van der Waals surface area contributed by atoms with Crippen LogP contribution >= 0.6 is 0 Å². The topological polar surface area (TPSA) is 69.0 Å². The van der Waals surface area contributed by atoms with Gasteiger partial charge in [0.25, 0.3) is 0 Å². The van der Waals surface area contributed by atoms with Crippen LogP contribution in [0.3, 0.4) is 0 Å². The number of hydrogen-bond acceptors (Lipinski definition) is 6. The monoisotopic (exact) mass is 495 g/mol. The number of aryl methyl sites for hydroxylation is 1. The van der Waals surface area contributed by atoms with Crippen LogP contribution in [0.4, 0.5) is 0 Å². The van der Waals surface area contributed by atoms with Crippen LogP contribution in [0.1, 0.15) is 39.2 Å². The molecule has 0 aliphatic carbocycles. The molecule has 2 aromatic carbocycles. The smallest absolute Gasteiger partial charge is 0.222 e. The molecule has 36 heavy (non-hydrogen) atoms. The summed E-state index contributed by atoms with van der Waals surface area (Å²) in [5.41, 5.74) is 2.89. The average molecular weight is 496 g/mol. The van der Waals surface area contributed by atoms with Crippen molar-refractivity contribution in [3.05, 3.63) is 60.2 Å². The van der Waals surface area contributed by atoms with Crippen LogP contribution < -0.4 is 9.47 Å². The van der Waals surface area contributed by atoms with Crippen LogP contribution in [0.5, 0.6) is 17.4 Å². The van der Waals surface area contributed by atoms with E-state index in [1.165, 1.54) is 0 Å². The van der Waals surface area contributed by atoms with Crippen molar-refractivity contribution in [1.29, 1.82) is 0 Å². The minimum atomic E-state index is -0.566. The summed E-state index contributed by atoms with van der Waals surface area (Å²) < 4.78 is 19.1. The Labute approximate surface area is 215 Å². The quantitative estimate of drug-likeness (QED) is 0.280. The Hall–Kier alpha value is -2.87. The Morgan fingerprint density at radius 3 is 2.33 bits per heavy atom. The standard InChI is InChI=1S/C29H41N3O4/c1-6-7-17-35-21-24(33)19-32(18-22(2)3)20-27-28(23-11-9-8-10-12-23)30-31(4)29(27)36-26-15-13-25(34-5)14-16-26/h8-16,22,24,33H,6-7,17-21H2,1-5H3/t24-/m0/s1. The number of rotatable bonds is 15. The lowest BCUT2D eigenvalue weighted by Crippen LogP contribution is -2.37. The van der Waals surface area contributed by atoms with Crippen molar-refractivity contribution in [3.63, 3.8) is 0 Å². The van der Waals surface area contributed by atoms with Crippen molar-refractivity contribution in [3.8, 4) is 28.6 Å².